The molecule has 2 aromatic carbocycles. The van der Waals surface area contributed by atoms with E-state index in [1.54, 1.807) is 30.3 Å². The van der Waals surface area contributed by atoms with E-state index in [-0.39, 0.29) is 4.90 Å². The van der Waals surface area contributed by atoms with E-state index < -0.39 is 10.0 Å². The quantitative estimate of drug-likeness (QED) is 0.686. The first-order chi connectivity index (χ1) is 12.0. The van der Waals surface area contributed by atoms with E-state index in [1.165, 1.54) is 26.4 Å². The molecular weight excluding hydrogens is 342 g/mol. The fourth-order valence-electron chi connectivity index (χ4n) is 2.14. The van der Waals surface area contributed by atoms with Gasteiger partial charge >= 0.3 is 0 Å². The third kappa shape index (κ3) is 5.03. The highest BCUT2D eigenvalue weighted by atomic mass is 32.2. The maximum absolute atomic E-state index is 12.6. The SMILES string of the molecule is CCCCOc1ccc(S(=O)(=O)Nc2ccc(OC)cc2OC)cc1. The Morgan fingerprint density at radius 1 is 0.960 bits per heavy atom. The molecule has 0 radical (unpaired) electrons. The van der Waals surface area contributed by atoms with Crippen LogP contribution in [0.4, 0.5) is 5.69 Å². The van der Waals surface area contributed by atoms with Gasteiger partial charge in [0.2, 0.25) is 0 Å². The van der Waals surface area contributed by atoms with E-state index in [4.69, 9.17) is 14.2 Å². The van der Waals surface area contributed by atoms with Crippen molar-refractivity contribution < 1.29 is 22.6 Å². The van der Waals surface area contributed by atoms with Crippen molar-refractivity contribution in [1.82, 2.24) is 0 Å². The summed E-state index contributed by atoms with van der Waals surface area (Å²) in [5.74, 6) is 1.60. The van der Waals surface area contributed by atoms with Crippen molar-refractivity contribution >= 4 is 15.7 Å². The van der Waals surface area contributed by atoms with E-state index in [0.29, 0.717) is 29.5 Å². The number of hydrogen-bond donors (Lipinski definition) is 1. The largest absolute Gasteiger partial charge is 0.497 e. The van der Waals surface area contributed by atoms with Crippen LogP contribution in [0.2, 0.25) is 0 Å². The minimum Gasteiger partial charge on any atom is -0.497 e. The molecule has 2 aromatic rings. The highest BCUT2D eigenvalue weighted by molar-refractivity contribution is 7.92. The van der Waals surface area contributed by atoms with E-state index in [0.717, 1.165) is 12.8 Å². The fraction of sp³-hybridized carbons (Fsp3) is 0.333. The van der Waals surface area contributed by atoms with E-state index >= 15 is 0 Å². The molecule has 2 rings (SSSR count). The zero-order chi connectivity index (χ0) is 18.3. The summed E-state index contributed by atoms with van der Waals surface area (Å²) >= 11 is 0. The second kappa shape index (κ2) is 8.62. The second-order valence-electron chi connectivity index (χ2n) is 5.35. The van der Waals surface area contributed by atoms with Crippen molar-refractivity contribution in [1.29, 1.82) is 0 Å². The van der Waals surface area contributed by atoms with E-state index in [1.807, 2.05) is 0 Å². The smallest absolute Gasteiger partial charge is 0.262 e. The first-order valence-electron chi connectivity index (χ1n) is 7.98. The number of ether oxygens (including phenoxy) is 3. The zero-order valence-electron chi connectivity index (χ0n) is 14.6. The van der Waals surface area contributed by atoms with Crippen molar-refractivity contribution in [3.63, 3.8) is 0 Å². The number of nitrogens with one attached hydrogen (secondary N) is 1. The predicted molar refractivity (Wildman–Crippen MR) is 97.2 cm³/mol. The summed E-state index contributed by atoms with van der Waals surface area (Å²) in [6.45, 7) is 2.70. The molecule has 0 spiro atoms. The Morgan fingerprint density at radius 2 is 1.64 bits per heavy atom. The Morgan fingerprint density at radius 3 is 2.24 bits per heavy atom. The molecule has 0 amide bonds. The summed E-state index contributed by atoms with van der Waals surface area (Å²) in [5.41, 5.74) is 0.339. The summed E-state index contributed by atoms with van der Waals surface area (Å²) in [6, 6.07) is 11.2. The number of anilines is 1. The molecule has 6 nitrogen and oxygen atoms in total. The standard InChI is InChI=1S/C18H23NO5S/c1-4-5-12-24-14-6-9-16(10-7-14)25(20,21)19-17-11-8-15(22-2)13-18(17)23-3/h6-11,13,19H,4-5,12H2,1-3H3. The number of unbranched alkanes of at least 4 members (excludes halogenated alkanes) is 1. The lowest BCUT2D eigenvalue weighted by Crippen LogP contribution is -2.13. The van der Waals surface area contributed by atoms with Crippen LogP contribution in [0.3, 0.4) is 0 Å². The molecule has 1 N–H and O–H groups in total. The first-order valence-corrected chi connectivity index (χ1v) is 9.46. The molecule has 0 unspecified atom stereocenters. The van der Waals surface area contributed by atoms with Crippen molar-refractivity contribution in [3.05, 3.63) is 42.5 Å². The van der Waals surface area contributed by atoms with Crippen LogP contribution in [0.15, 0.2) is 47.4 Å². The van der Waals surface area contributed by atoms with Gasteiger partial charge in [-0.15, -0.1) is 0 Å². The molecule has 0 aromatic heterocycles. The summed E-state index contributed by atoms with van der Waals surface area (Å²) in [5, 5.41) is 0. The van der Waals surface area contributed by atoms with Crippen LogP contribution in [-0.2, 0) is 10.0 Å². The predicted octanol–water partition coefficient (Wildman–Crippen LogP) is 3.68. The van der Waals surface area contributed by atoms with Gasteiger partial charge in [-0.05, 0) is 42.8 Å². The Hall–Kier alpha value is -2.41. The van der Waals surface area contributed by atoms with Crippen molar-refractivity contribution in [2.75, 3.05) is 25.5 Å². The van der Waals surface area contributed by atoms with Gasteiger partial charge in [0.15, 0.2) is 0 Å². The van der Waals surface area contributed by atoms with Crippen LogP contribution < -0.4 is 18.9 Å². The van der Waals surface area contributed by atoms with Gasteiger partial charge in [-0.2, -0.15) is 0 Å². The van der Waals surface area contributed by atoms with Gasteiger partial charge in [0, 0.05) is 6.07 Å². The molecule has 136 valence electrons. The van der Waals surface area contributed by atoms with Crippen LogP contribution in [-0.4, -0.2) is 29.2 Å². The van der Waals surface area contributed by atoms with Gasteiger partial charge in [0.25, 0.3) is 10.0 Å². The third-order valence-corrected chi connectivity index (χ3v) is 4.94. The number of rotatable bonds is 9. The van der Waals surface area contributed by atoms with Gasteiger partial charge in [-0.1, -0.05) is 13.3 Å². The van der Waals surface area contributed by atoms with E-state index in [9.17, 15) is 8.42 Å². The molecule has 7 heteroatoms. The molecule has 0 bridgehead atoms. The van der Waals surface area contributed by atoms with Crippen LogP contribution in [0.25, 0.3) is 0 Å². The first kappa shape index (κ1) is 18.9. The van der Waals surface area contributed by atoms with Crippen LogP contribution in [0.1, 0.15) is 19.8 Å². The number of methoxy groups -OCH3 is 2. The van der Waals surface area contributed by atoms with Crippen molar-refractivity contribution in [3.8, 4) is 17.2 Å². The summed E-state index contributed by atoms with van der Waals surface area (Å²) in [4.78, 5) is 0.146. The Kier molecular flexibility index (Phi) is 6.52. The average molecular weight is 365 g/mol. The van der Waals surface area contributed by atoms with Crippen molar-refractivity contribution in [2.45, 2.75) is 24.7 Å². The monoisotopic (exact) mass is 365 g/mol. The lowest BCUT2D eigenvalue weighted by molar-refractivity contribution is 0.309. The number of benzene rings is 2. The molecule has 0 fully saturated rings. The maximum atomic E-state index is 12.6. The van der Waals surface area contributed by atoms with Crippen LogP contribution in [0.5, 0.6) is 17.2 Å². The second-order valence-corrected chi connectivity index (χ2v) is 7.03. The van der Waals surface area contributed by atoms with E-state index in [2.05, 4.69) is 11.6 Å². The molecule has 0 aliphatic carbocycles. The summed E-state index contributed by atoms with van der Waals surface area (Å²) in [7, 11) is -0.736. The van der Waals surface area contributed by atoms with Gasteiger partial charge in [-0.3, -0.25) is 4.72 Å². The number of hydrogen-bond acceptors (Lipinski definition) is 5. The minimum atomic E-state index is -3.73. The molecule has 0 atom stereocenters. The zero-order valence-corrected chi connectivity index (χ0v) is 15.4. The Balaban J connectivity index is 2.16. The Labute approximate surface area is 148 Å². The molecule has 25 heavy (non-hydrogen) atoms. The van der Waals surface area contributed by atoms with Gasteiger partial charge in [0.05, 0.1) is 31.4 Å². The maximum Gasteiger partial charge on any atom is 0.262 e. The molecule has 0 aliphatic heterocycles. The average Bonchev–Trinajstić information content (AvgIpc) is 2.62. The highest BCUT2D eigenvalue weighted by Crippen LogP contribution is 2.31. The van der Waals surface area contributed by atoms with Crippen molar-refractivity contribution in [2.24, 2.45) is 0 Å². The van der Waals surface area contributed by atoms with Gasteiger partial charge in [-0.25, -0.2) is 8.42 Å². The molecule has 0 aliphatic rings. The van der Waals surface area contributed by atoms with Crippen LogP contribution >= 0.6 is 0 Å². The lowest BCUT2D eigenvalue weighted by atomic mass is 10.3. The molecular formula is C18H23NO5S. The molecule has 0 saturated heterocycles. The molecule has 0 heterocycles. The summed E-state index contributed by atoms with van der Waals surface area (Å²) < 4.78 is 43.5. The lowest BCUT2D eigenvalue weighted by Gasteiger charge is -2.13. The Bertz CT molecular complexity index is 788. The highest BCUT2D eigenvalue weighted by Gasteiger charge is 2.17. The third-order valence-electron chi connectivity index (χ3n) is 3.55. The fourth-order valence-corrected chi connectivity index (χ4v) is 3.21. The normalized spacial score (nSPS) is 11.0. The van der Waals surface area contributed by atoms with Gasteiger partial charge in [0.1, 0.15) is 17.2 Å². The summed E-state index contributed by atoms with van der Waals surface area (Å²) in [6.07, 6.45) is 2.00. The topological polar surface area (TPSA) is 73.9 Å². The minimum absolute atomic E-state index is 0.146. The van der Waals surface area contributed by atoms with Crippen LogP contribution in [0, 0.1) is 0 Å². The van der Waals surface area contributed by atoms with Gasteiger partial charge < -0.3 is 14.2 Å². The molecule has 0 saturated carbocycles. The number of sulfonamides is 1.